The minimum absolute atomic E-state index is 0.00948. The molecule has 0 saturated heterocycles. The Kier molecular flexibility index (Phi) is 16.0. The predicted molar refractivity (Wildman–Crippen MR) is 170 cm³/mol. The highest BCUT2D eigenvalue weighted by atomic mass is 16.6. The number of carbonyl (C=O) groups excluding carboxylic acids is 5. The summed E-state index contributed by atoms with van der Waals surface area (Å²) in [5.41, 5.74) is -3.09. The van der Waals surface area contributed by atoms with Gasteiger partial charge in [0.1, 0.15) is 22.4 Å². The van der Waals surface area contributed by atoms with Crippen LogP contribution >= 0.6 is 0 Å². The van der Waals surface area contributed by atoms with Crippen molar-refractivity contribution in [2.75, 3.05) is 52.4 Å². The molecule has 0 aliphatic carbocycles. The van der Waals surface area contributed by atoms with Gasteiger partial charge in [0.15, 0.2) is 0 Å². The van der Waals surface area contributed by atoms with Crippen molar-refractivity contribution in [2.45, 2.75) is 105 Å². The molecule has 0 spiro atoms. The Morgan fingerprint density at radius 1 is 0.511 bits per heavy atom. The Labute approximate surface area is 268 Å². The van der Waals surface area contributed by atoms with Crippen molar-refractivity contribution >= 4 is 30.3 Å². The SMILES string of the molecule is C#CC(=O)NCCN(CCN(CCN(CCNC(=O)OC(C)(C)C)C(=O)OC(C)(C)C)C(=O)OC(C)(C)C)C(=O)OC(C)(C)C. The molecule has 0 saturated carbocycles. The fraction of sp³-hybridized carbons (Fsp3) is 0.774. The zero-order valence-corrected chi connectivity index (χ0v) is 29.3. The lowest BCUT2D eigenvalue weighted by molar-refractivity contribution is -0.115. The largest absolute Gasteiger partial charge is 0.444 e. The number of hydrogen-bond donors (Lipinski definition) is 2. The van der Waals surface area contributed by atoms with Crippen LogP contribution in [0.2, 0.25) is 0 Å². The summed E-state index contributed by atoms with van der Waals surface area (Å²) < 4.78 is 21.9. The van der Waals surface area contributed by atoms with Gasteiger partial charge in [-0.05, 0) is 89.0 Å². The molecule has 14 heteroatoms. The first-order chi connectivity index (χ1) is 20.3. The van der Waals surface area contributed by atoms with Crippen molar-refractivity contribution in [1.82, 2.24) is 25.3 Å². The number of amides is 5. The van der Waals surface area contributed by atoms with Crippen LogP contribution in [-0.2, 0) is 23.7 Å². The average Bonchev–Trinajstić information content (AvgIpc) is 2.81. The van der Waals surface area contributed by atoms with Crippen LogP contribution in [0.1, 0.15) is 83.1 Å². The number of hydrogen-bond acceptors (Lipinski definition) is 9. The second-order valence-corrected chi connectivity index (χ2v) is 14.2. The fourth-order valence-corrected chi connectivity index (χ4v) is 3.31. The second-order valence-electron chi connectivity index (χ2n) is 14.2. The zero-order valence-electron chi connectivity index (χ0n) is 29.3. The second kappa shape index (κ2) is 17.6. The molecule has 45 heavy (non-hydrogen) atoms. The first-order valence-electron chi connectivity index (χ1n) is 15.0. The third-order valence-electron chi connectivity index (χ3n) is 5.08. The maximum absolute atomic E-state index is 13.2. The monoisotopic (exact) mass is 641 g/mol. The smallest absolute Gasteiger partial charge is 0.410 e. The molecule has 0 fully saturated rings. The standard InChI is InChI=1S/C31H55N5O9/c1-14-23(37)32-15-17-34(25(39)43-29(5,6)7)19-21-36(27(41)45-31(11,12)13)22-20-35(26(40)44-30(8,9)10)18-16-33-24(38)42-28(2,3)4/h1H,15-22H2,2-13H3,(H,32,37)(H,33,38). The van der Waals surface area contributed by atoms with Crippen LogP contribution in [0.3, 0.4) is 0 Å². The summed E-state index contributed by atoms with van der Waals surface area (Å²) in [5, 5.41) is 5.12. The van der Waals surface area contributed by atoms with Crippen LogP contribution in [0.4, 0.5) is 19.2 Å². The molecule has 258 valence electrons. The van der Waals surface area contributed by atoms with Crippen LogP contribution in [0.15, 0.2) is 0 Å². The normalized spacial score (nSPS) is 11.8. The molecule has 0 aliphatic rings. The molecular formula is C31H55N5O9. The molecule has 0 aliphatic heterocycles. The molecule has 2 N–H and O–H groups in total. The van der Waals surface area contributed by atoms with Gasteiger partial charge in [0.2, 0.25) is 0 Å². The molecule has 0 heterocycles. The van der Waals surface area contributed by atoms with Gasteiger partial charge in [0.25, 0.3) is 5.91 Å². The lowest BCUT2D eigenvalue weighted by Gasteiger charge is -2.33. The Hall–Kier alpha value is -3.89. The summed E-state index contributed by atoms with van der Waals surface area (Å²) in [5.74, 6) is 1.32. The minimum atomic E-state index is -0.818. The summed E-state index contributed by atoms with van der Waals surface area (Å²) >= 11 is 0. The highest BCUT2D eigenvalue weighted by Crippen LogP contribution is 2.14. The molecule has 5 amide bonds. The van der Waals surface area contributed by atoms with E-state index >= 15 is 0 Å². The van der Waals surface area contributed by atoms with Crippen molar-refractivity contribution in [2.24, 2.45) is 0 Å². The van der Waals surface area contributed by atoms with Gasteiger partial charge in [-0.25, -0.2) is 19.2 Å². The Balaban J connectivity index is 5.90. The predicted octanol–water partition coefficient (Wildman–Crippen LogP) is 3.97. The minimum Gasteiger partial charge on any atom is -0.444 e. The summed E-state index contributed by atoms with van der Waals surface area (Å²) in [6, 6.07) is 0. The summed E-state index contributed by atoms with van der Waals surface area (Å²) in [6.45, 7) is 21.0. The molecule has 0 atom stereocenters. The quantitative estimate of drug-likeness (QED) is 0.238. The van der Waals surface area contributed by atoms with Crippen LogP contribution in [0.25, 0.3) is 0 Å². The lowest BCUT2D eigenvalue weighted by Crippen LogP contribution is -2.49. The van der Waals surface area contributed by atoms with Crippen LogP contribution in [-0.4, -0.2) is 120 Å². The Morgan fingerprint density at radius 2 is 0.800 bits per heavy atom. The van der Waals surface area contributed by atoms with Gasteiger partial charge in [-0.2, -0.15) is 0 Å². The molecule has 0 radical (unpaired) electrons. The van der Waals surface area contributed by atoms with E-state index in [1.54, 1.807) is 83.1 Å². The molecule has 0 rings (SSSR count). The summed E-state index contributed by atoms with van der Waals surface area (Å²) in [7, 11) is 0. The first kappa shape index (κ1) is 41.1. The topological polar surface area (TPSA) is 156 Å². The van der Waals surface area contributed by atoms with E-state index < -0.39 is 52.7 Å². The van der Waals surface area contributed by atoms with E-state index in [9.17, 15) is 24.0 Å². The number of ether oxygens (including phenoxy) is 4. The molecule has 0 unspecified atom stereocenters. The molecule has 0 aromatic carbocycles. The number of rotatable bonds is 12. The van der Waals surface area contributed by atoms with E-state index in [0.29, 0.717) is 0 Å². The molecule has 0 aromatic rings. The van der Waals surface area contributed by atoms with Crippen molar-refractivity contribution in [3.63, 3.8) is 0 Å². The highest BCUT2D eigenvalue weighted by Gasteiger charge is 2.28. The van der Waals surface area contributed by atoms with Gasteiger partial charge < -0.3 is 44.3 Å². The maximum atomic E-state index is 13.2. The van der Waals surface area contributed by atoms with Crippen molar-refractivity contribution in [3.05, 3.63) is 0 Å². The fourth-order valence-electron chi connectivity index (χ4n) is 3.31. The maximum Gasteiger partial charge on any atom is 0.410 e. The summed E-state index contributed by atoms with van der Waals surface area (Å²) in [6.07, 6.45) is 2.52. The van der Waals surface area contributed by atoms with Crippen LogP contribution < -0.4 is 10.6 Å². The van der Waals surface area contributed by atoms with E-state index in [2.05, 4.69) is 10.6 Å². The molecule has 0 bridgehead atoms. The van der Waals surface area contributed by atoms with Gasteiger partial charge in [0, 0.05) is 52.4 Å². The third-order valence-corrected chi connectivity index (χ3v) is 5.08. The Bertz CT molecular complexity index is 1040. The Morgan fingerprint density at radius 3 is 1.09 bits per heavy atom. The van der Waals surface area contributed by atoms with E-state index in [0.717, 1.165) is 0 Å². The van der Waals surface area contributed by atoms with E-state index in [1.165, 1.54) is 14.7 Å². The molecular weight excluding hydrogens is 586 g/mol. The van der Waals surface area contributed by atoms with Crippen LogP contribution in [0.5, 0.6) is 0 Å². The molecule has 0 aromatic heterocycles. The molecule has 14 nitrogen and oxygen atoms in total. The first-order valence-corrected chi connectivity index (χ1v) is 15.0. The average molecular weight is 642 g/mol. The van der Waals surface area contributed by atoms with Crippen molar-refractivity contribution in [1.29, 1.82) is 0 Å². The van der Waals surface area contributed by atoms with Gasteiger partial charge in [0.05, 0.1) is 0 Å². The van der Waals surface area contributed by atoms with Crippen molar-refractivity contribution < 1.29 is 42.9 Å². The van der Waals surface area contributed by atoms with E-state index in [1.807, 2.05) is 5.92 Å². The van der Waals surface area contributed by atoms with E-state index in [4.69, 9.17) is 25.4 Å². The van der Waals surface area contributed by atoms with Crippen molar-refractivity contribution in [3.8, 4) is 12.3 Å². The number of nitrogens with zero attached hydrogens (tertiary/aromatic N) is 3. The van der Waals surface area contributed by atoms with Gasteiger partial charge in [-0.15, -0.1) is 6.42 Å². The number of alkyl carbamates (subject to hydrolysis) is 1. The van der Waals surface area contributed by atoms with Crippen LogP contribution in [0, 0.1) is 12.3 Å². The van der Waals surface area contributed by atoms with E-state index in [-0.39, 0.29) is 52.4 Å². The van der Waals surface area contributed by atoms with Gasteiger partial charge in [-0.3, -0.25) is 4.79 Å². The third kappa shape index (κ3) is 21.5. The van der Waals surface area contributed by atoms with Gasteiger partial charge >= 0.3 is 24.4 Å². The van der Waals surface area contributed by atoms with Gasteiger partial charge in [-0.1, -0.05) is 0 Å². The highest BCUT2D eigenvalue weighted by molar-refractivity contribution is 5.92. The lowest BCUT2D eigenvalue weighted by atomic mass is 10.2. The number of nitrogens with one attached hydrogen (secondary N) is 2. The summed E-state index contributed by atoms with van der Waals surface area (Å²) in [4.78, 5) is 67.0. The number of carbonyl (C=O) groups is 5. The number of terminal acetylenes is 1. The zero-order chi connectivity index (χ0) is 35.2.